The van der Waals surface area contributed by atoms with E-state index in [0.717, 1.165) is 47.6 Å². The topological polar surface area (TPSA) is 55.8 Å². The molecule has 0 bridgehead atoms. The zero-order valence-corrected chi connectivity index (χ0v) is 22.6. The first-order valence-corrected chi connectivity index (χ1v) is 14.0. The molecule has 194 valence electrons. The molecule has 1 aromatic rings. The van der Waals surface area contributed by atoms with E-state index in [2.05, 4.69) is 20.8 Å². The van der Waals surface area contributed by atoms with Crippen LogP contribution < -0.4 is 9.47 Å². The molecule has 0 spiro atoms. The lowest BCUT2D eigenvalue weighted by Crippen LogP contribution is -2.24. The van der Waals surface area contributed by atoms with Crippen molar-refractivity contribution in [2.45, 2.75) is 137 Å². The summed E-state index contributed by atoms with van der Waals surface area (Å²) in [4.78, 5) is 12.1. The van der Waals surface area contributed by atoms with Crippen LogP contribution >= 0.6 is 0 Å². The molecule has 1 aliphatic rings. The largest absolute Gasteiger partial charge is 0.490 e. The van der Waals surface area contributed by atoms with Crippen LogP contribution in [0.25, 0.3) is 0 Å². The summed E-state index contributed by atoms with van der Waals surface area (Å²) in [5, 5.41) is 8.96. The Morgan fingerprint density at radius 1 is 0.912 bits per heavy atom. The SMILES string of the molecule is Cc1c(C)c2c(c(C)c1OC(=O)CCCO)CCC(CCCCCCCCCCCC(C)C)O2. The Hall–Kier alpha value is -1.55. The second-order valence-electron chi connectivity index (χ2n) is 10.7. The van der Waals surface area contributed by atoms with Crippen LogP contribution in [0.1, 0.15) is 126 Å². The molecule has 0 radical (unpaired) electrons. The van der Waals surface area contributed by atoms with Crippen LogP contribution in [0.15, 0.2) is 0 Å². The summed E-state index contributed by atoms with van der Waals surface area (Å²) >= 11 is 0. The van der Waals surface area contributed by atoms with Crippen LogP contribution in [-0.4, -0.2) is 23.8 Å². The maximum absolute atomic E-state index is 12.1. The van der Waals surface area contributed by atoms with Gasteiger partial charge >= 0.3 is 5.97 Å². The fourth-order valence-corrected chi connectivity index (χ4v) is 5.05. The molecular weight excluding hydrogens is 424 g/mol. The molecule has 0 saturated carbocycles. The lowest BCUT2D eigenvalue weighted by molar-refractivity contribution is -0.134. The molecule has 0 aromatic heterocycles. The van der Waals surface area contributed by atoms with E-state index in [0.29, 0.717) is 18.3 Å². The zero-order valence-electron chi connectivity index (χ0n) is 22.6. The highest BCUT2D eigenvalue weighted by atomic mass is 16.5. The Morgan fingerprint density at radius 2 is 1.53 bits per heavy atom. The summed E-state index contributed by atoms with van der Waals surface area (Å²) in [6.07, 6.45) is 17.8. The third-order valence-corrected chi connectivity index (χ3v) is 7.37. The number of aliphatic hydroxyl groups is 1. The van der Waals surface area contributed by atoms with Crippen molar-refractivity contribution >= 4 is 5.97 Å². The fourth-order valence-electron chi connectivity index (χ4n) is 5.05. The van der Waals surface area contributed by atoms with E-state index < -0.39 is 0 Å². The molecule has 1 aliphatic heterocycles. The molecule has 1 aromatic carbocycles. The third kappa shape index (κ3) is 9.24. The number of ether oxygens (including phenoxy) is 2. The van der Waals surface area contributed by atoms with Gasteiger partial charge in [-0.2, -0.15) is 0 Å². The number of esters is 1. The van der Waals surface area contributed by atoms with E-state index in [-0.39, 0.29) is 19.0 Å². The summed E-state index contributed by atoms with van der Waals surface area (Å²) in [5.74, 6) is 2.27. The molecule has 0 fully saturated rings. The number of aliphatic hydroxyl groups excluding tert-OH is 1. The lowest BCUT2D eigenvalue weighted by atomic mass is 9.90. The summed E-state index contributed by atoms with van der Waals surface area (Å²) < 4.78 is 12.2. The van der Waals surface area contributed by atoms with Gasteiger partial charge in [-0.05, 0) is 75.5 Å². The van der Waals surface area contributed by atoms with Crippen molar-refractivity contribution in [2.24, 2.45) is 5.92 Å². The summed E-state index contributed by atoms with van der Waals surface area (Å²) in [6.45, 7) is 10.8. The minimum absolute atomic E-state index is 0.00404. The molecule has 1 heterocycles. The number of rotatable bonds is 16. The minimum atomic E-state index is -0.277. The van der Waals surface area contributed by atoms with Gasteiger partial charge in [-0.25, -0.2) is 0 Å². The maximum Gasteiger partial charge on any atom is 0.311 e. The molecule has 0 saturated heterocycles. The number of carbonyl (C=O) groups is 1. The van der Waals surface area contributed by atoms with Crippen molar-refractivity contribution in [1.82, 2.24) is 0 Å². The minimum Gasteiger partial charge on any atom is -0.490 e. The van der Waals surface area contributed by atoms with Gasteiger partial charge in [0.15, 0.2) is 0 Å². The Labute approximate surface area is 208 Å². The quantitative estimate of drug-likeness (QED) is 0.150. The van der Waals surface area contributed by atoms with Crippen LogP contribution in [0.5, 0.6) is 11.5 Å². The third-order valence-electron chi connectivity index (χ3n) is 7.37. The average Bonchev–Trinajstić information content (AvgIpc) is 2.82. The molecule has 0 aliphatic carbocycles. The van der Waals surface area contributed by atoms with E-state index in [4.69, 9.17) is 14.6 Å². The van der Waals surface area contributed by atoms with Crippen LogP contribution in [0.2, 0.25) is 0 Å². The monoisotopic (exact) mass is 474 g/mol. The molecule has 4 nitrogen and oxygen atoms in total. The van der Waals surface area contributed by atoms with Gasteiger partial charge in [0, 0.05) is 18.6 Å². The molecule has 1 atom stereocenters. The first-order chi connectivity index (χ1) is 16.3. The van der Waals surface area contributed by atoms with Crippen LogP contribution in [0, 0.1) is 26.7 Å². The van der Waals surface area contributed by atoms with E-state index in [1.807, 2.05) is 13.8 Å². The van der Waals surface area contributed by atoms with Crippen molar-refractivity contribution in [3.63, 3.8) is 0 Å². The highest BCUT2D eigenvalue weighted by Crippen LogP contribution is 2.42. The Bertz CT molecular complexity index is 753. The lowest BCUT2D eigenvalue weighted by Gasteiger charge is -2.30. The molecule has 34 heavy (non-hydrogen) atoms. The molecule has 0 amide bonds. The zero-order chi connectivity index (χ0) is 24.9. The predicted molar refractivity (Wildman–Crippen MR) is 141 cm³/mol. The normalized spacial score (nSPS) is 15.3. The van der Waals surface area contributed by atoms with E-state index >= 15 is 0 Å². The van der Waals surface area contributed by atoms with Gasteiger partial charge in [0.05, 0.1) is 6.10 Å². The first kappa shape index (κ1) is 28.7. The van der Waals surface area contributed by atoms with Crippen LogP contribution in [0.4, 0.5) is 0 Å². The molecule has 1 unspecified atom stereocenters. The fraction of sp³-hybridized carbons (Fsp3) is 0.767. The van der Waals surface area contributed by atoms with Gasteiger partial charge in [-0.15, -0.1) is 0 Å². The van der Waals surface area contributed by atoms with Crippen molar-refractivity contribution < 1.29 is 19.4 Å². The number of hydrogen-bond donors (Lipinski definition) is 1. The van der Waals surface area contributed by atoms with Gasteiger partial charge in [0.2, 0.25) is 0 Å². The number of benzene rings is 1. The molecule has 1 N–H and O–H groups in total. The van der Waals surface area contributed by atoms with E-state index in [1.165, 1.54) is 69.8 Å². The summed E-state index contributed by atoms with van der Waals surface area (Å²) in [7, 11) is 0. The molecule has 2 rings (SSSR count). The standard InChI is InChI=1S/C30H50O4/c1-22(2)16-13-11-9-7-6-8-10-12-14-17-26-19-20-27-25(5)29(34-28(32)18-15-21-31)23(3)24(4)30(27)33-26/h22,26,31H,6-21H2,1-5H3. The number of fused-ring (bicyclic) bond motifs is 1. The second kappa shape index (κ2) is 15.4. The van der Waals surface area contributed by atoms with Crippen molar-refractivity contribution in [3.05, 3.63) is 22.3 Å². The Morgan fingerprint density at radius 3 is 2.15 bits per heavy atom. The average molecular weight is 475 g/mol. The van der Waals surface area contributed by atoms with Crippen molar-refractivity contribution in [1.29, 1.82) is 0 Å². The van der Waals surface area contributed by atoms with Crippen molar-refractivity contribution in [3.8, 4) is 11.5 Å². The van der Waals surface area contributed by atoms with Gasteiger partial charge < -0.3 is 14.6 Å². The molecular formula is C30H50O4. The smallest absolute Gasteiger partial charge is 0.311 e. The number of carbonyl (C=O) groups excluding carboxylic acids is 1. The highest BCUT2D eigenvalue weighted by Gasteiger charge is 2.27. The summed E-state index contributed by atoms with van der Waals surface area (Å²) in [5.41, 5.74) is 4.29. The van der Waals surface area contributed by atoms with Gasteiger partial charge in [-0.3, -0.25) is 4.79 Å². The van der Waals surface area contributed by atoms with E-state index in [9.17, 15) is 4.79 Å². The Balaban J connectivity index is 1.72. The molecule has 4 heteroatoms. The van der Waals surface area contributed by atoms with Gasteiger partial charge in [-0.1, -0.05) is 71.6 Å². The second-order valence-corrected chi connectivity index (χ2v) is 10.7. The van der Waals surface area contributed by atoms with E-state index in [1.54, 1.807) is 0 Å². The highest BCUT2D eigenvalue weighted by molar-refractivity contribution is 5.74. The summed E-state index contributed by atoms with van der Waals surface area (Å²) in [6, 6.07) is 0. The predicted octanol–water partition coefficient (Wildman–Crippen LogP) is 7.93. The maximum atomic E-state index is 12.1. The van der Waals surface area contributed by atoms with Crippen LogP contribution in [0.3, 0.4) is 0 Å². The van der Waals surface area contributed by atoms with Gasteiger partial charge in [0.25, 0.3) is 0 Å². The van der Waals surface area contributed by atoms with Crippen molar-refractivity contribution in [2.75, 3.05) is 6.61 Å². The number of unbranched alkanes of at least 4 members (excludes halogenated alkanes) is 8. The first-order valence-electron chi connectivity index (χ1n) is 14.0. The number of hydrogen-bond acceptors (Lipinski definition) is 4. The van der Waals surface area contributed by atoms with Gasteiger partial charge in [0.1, 0.15) is 11.5 Å². The van der Waals surface area contributed by atoms with Crippen LogP contribution in [-0.2, 0) is 11.2 Å². The Kier molecular flexibility index (Phi) is 13.0.